The molecule has 70 valence electrons. The lowest BCUT2D eigenvalue weighted by molar-refractivity contribution is 0.427. The van der Waals surface area contributed by atoms with Crippen molar-refractivity contribution < 1.29 is 5.11 Å². The fourth-order valence-corrected chi connectivity index (χ4v) is 1.02. The van der Waals surface area contributed by atoms with E-state index in [1.54, 1.807) is 0 Å². The molecule has 1 nitrogen and oxygen atoms in total. The van der Waals surface area contributed by atoms with Gasteiger partial charge in [0.15, 0.2) is 0 Å². The molecule has 0 saturated carbocycles. The van der Waals surface area contributed by atoms with E-state index in [1.165, 1.54) is 5.57 Å². The van der Waals surface area contributed by atoms with E-state index in [-0.39, 0.29) is 0 Å². The van der Waals surface area contributed by atoms with Crippen LogP contribution in [0, 0.1) is 0 Å². The van der Waals surface area contributed by atoms with E-state index in [4.69, 9.17) is 0 Å². The molecule has 1 N–H and O–H groups in total. The summed E-state index contributed by atoms with van der Waals surface area (Å²) in [5.74, 6) is 0.371. The van der Waals surface area contributed by atoms with Crippen molar-refractivity contribution in [3.05, 3.63) is 21.9 Å². The predicted molar refractivity (Wildman–Crippen MR) is 57.5 cm³/mol. The highest BCUT2D eigenvalue weighted by atomic mass is 79.9. The normalized spacial score (nSPS) is 12.3. The van der Waals surface area contributed by atoms with Gasteiger partial charge in [-0.2, -0.15) is 0 Å². The first-order chi connectivity index (χ1) is 5.65. The van der Waals surface area contributed by atoms with Crippen LogP contribution < -0.4 is 0 Å². The smallest absolute Gasteiger partial charge is 0.125 e. The van der Waals surface area contributed by atoms with Gasteiger partial charge >= 0.3 is 0 Å². The van der Waals surface area contributed by atoms with Crippen LogP contribution in [-0.2, 0) is 0 Å². The third kappa shape index (κ3) is 3.96. The molecule has 0 atom stereocenters. The van der Waals surface area contributed by atoms with Gasteiger partial charge in [-0.3, -0.25) is 0 Å². The molecule has 0 aliphatic heterocycles. The van der Waals surface area contributed by atoms with Crippen molar-refractivity contribution in [3.8, 4) is 0 Å². The molecule has 0 unspecified atom stereocenters. The molecular formula is C10H17BrO. The van der Waals surface area contributed by atoms with Crippen molar-refractivity contribution in [3.63, 3.8) is 0 Å². The molecule has 0 spiro atoms. The van der Waals surface area contributed by atoms with E-state index < -0.39 is 0 Å². The van der Waals surface area contributed by atoms with Gasteiger partial charge in [0.1, 0.15) is 5.76 Å². The lowest BCUT2D eigenvalue weighted by atomic mass is 10.1. The minimum absolute atomic E-state index is 0.371. The molecule has 12 heavy (non-hydrogen) atoms. The first kappa shape index (κ1) is 11.8. The second kappa shape index (κ2) is 6.30. The summed E-state index contributed by atoms with van der Waals surface area (Å²) < 4.78 is 0.877. The van der Waals surface area contributed by atoms with Crippen LogP contribution in [0.1, 0.15) is 40.0 Å². The molecule has 0 saturated heterocycles. The Kier molecular flexibility index (Phi) is 6.17. The van der Waals surface area contributed by atoms with E-state index in [2.05, 4.69) is 29.8 Å². The summed E-state index contributed by atoms with van der Waals surface area (Å²) in [6.07, 6.45) is 4.70. The number of aliphatic hydroxyl groups is 1. The standard InChI is InChI=1S/C10H17BrO/c1-4-8(5-2)7-10(12)9(11)6-3/h7,12H,4-6H2,1-3H3/b10-9-. The predicted octanol–water partition coefficient (Wildman–Crippen LogP) is 4.31. The van der Waals surface area contributed by atoms with E-state index in [0.29, 0.717) is 5.76 Å². The third-order valence-electron chi connectivity index (χ3n) is 1.84. The summed E-state index contributed by atoms with van der Waals surface area (Å²) in [6.45, 7) is 6.20. The first-order valence-electron chi connectivity index (χ1n) is 4.42. The van der Waals surface area contributed by atoms with Gasteiger partial charge in [-0.15, -0.1) is 0 Å². The summed E-state index contributed by atoms with van der Waals surface area (Å²) in [7, 11) is 0. The Morgan fingerprint density at radius 2 is 1.67 bits per heavy atom. The maximum absolute atomic E-state index is 9.51. The highest BCUT2D eigenvalue weighted by molar-refractivity contribution is 9.11. The Hall–Kier alpha value is -0.240. The fraction of sp³-hybridized carbons (Fsp3) is 0.600. The van der Waals surface area contributed by atoms with E-state index >= 15 is 0 Å². The lowest BCUT2D eigenvalue weighted by Gasteiger charge is -2.01. The minimum atomic E-state index is 0.371. The second-order valence-electron chi connectivity index (χ2n) is 2.65. The molecular weight excluding hydrogens is 216 g/mol. The molecule has 2 heteroatoms. The average molecular weight is 233 g/mol. The Labute approximate surface area is 83.3 Å². The summed E-state index contributed by atoms with van der Waals surface area (Å²) in [5.41, 5.74) is 1.28. The zero-order valence-corrected chi connectivity index (χ0v) is 9.61. The number of hydrogen-bond donors (Lipinski definition) is 1. The van der Waals surface area contributed by atoms with E-state index in [0.717, 1.165) is 23.7 Å². The molecule has 0 amide bonds. The number of aliphatic hydroxyl groups excluding tert-OH is 1. The van der Waals surface area contributed by atoms with Crippen LogP contribution in [0.5, 0.6) is 0 Å². The van der Waals surface area contributed by atoms with Gasteiger partial charge in [0.25, 0.3) is 0 Å². The van der Waals surface area contributed by atoms with Gasteiger partial charge in [0.05, 0.1) is 0 Å². The Balaban J connectivity index is 4.49. The Morgan fingerprint density at radius 1 is 1.17 bits per heavy atom. The summed E-state index contributed by atoms with van der Waals surface area (Å²) in [4.78, 5) is 0. The molecule has 0 radical (unpaired) electrons. The molecule has 0 bridgehead atoms. The monoisotopic (exact) mass is 232 g/mol. The van der Waals surface area contributed by atoms with Crippen molar-refractivity contribution in [2.45, 2.75) is 40.0 Å². The van der Waals surface area contributed by atoms with E-state index in [1.807, 2.05) is 13.0 Å². The molecule has 0 fully saturated rings. The fourth-order valence-electron chi connectivity index (χ4n) is 0.907. The first-order valence-corrected chi connectivity index (χ1v) is 5.21. The number of rotatable bonds is 4. The van der Waals surface area contributed by atoms with Crippen LogP contribution in [0.2, 0.25) is 0 Å². The molecule has 0 heterocycles. The highest BCUT2D eigenvalue weighted by Gasteiger charge is 1.97. The van der Waals surface area contributed by atoms with Gasteiger partial charge in [0.2, 0.25) is 0 Å². The third-order valence-corrected chi connectivity index (χ3v) is 2.80. The molecule has 0 aromatic rings. The van der Waals surface area contributed by atoms with Crippen molar-refractivity contribution in [2.75, 3.05) is 0 Å². The van der Waals surface area contributed by atoms with Crippen LogP contribution in [0.25, 0.3) is 0 Å². The number of hydrogen-bond acceptors (Lipinski definition) is 1. The zero-order valence-electron chi connectivity index (χ0n) is 8.02. The largest absolute Gasteiger partial charge is 0.507 e. The average Bonchev–Trinajstić information content (AvgIpc) is 2.12. The molecule has 0 aliphatic rings. The number of allylic oxidation sites excluding steroid dienone is 3. The van der Waals surface area contributed by atoms with Gasteiger partial charge in [0, 0.05) is 4.48 Å². The molecule has 0 aromatic carbocycles. The van der Waals surface area contributed by atoms with E-state index in [9.17, 15) is 5.11 Å². The quantitative estimate of drug-likeness (QED) is 0.566. The van der Waals surface area contributed by atoms with Gasteiger partial charge in [-0.25, -0.2) is 0 Å². The maximum atomic E-state index is 9.51. The van der Waals surface area contributed by atoms with Crippen molar-refractivity contribution in [1.29, 1.82) is 0 Å². The van der Waals surface area contributed by atoms with Gasteiger partial charge in [-0.1, -0.05) is 42.3 Å². The maximum Gasteiger partial charge on any atom is 0.125 e. The van der Waals surface area contributed by atoms with Crippen molar-refractivity contribution in [2.24, 2.45) is 0 Å². The summed E-state index contributed by atoms with van der Waals surface area (Å²) >= 11 is 3.31. The Bertz CT molecular complexity index is 186. The van der Waals surface area contributed by atoms with Crippen molar-refractivity contribution >= 4 is 15.9 Å². The summed E-state index contributed by atoms with van der Waals surface area (Å²) in [5, 5.41) is 9.51. The zero-order chi connectivity index (χ0) is 9.56. The second-order valence-corrected chi connectivity index (χ2v) is 3.61. The molecule has 0 rings (SSSR count). The van der Waals surface area contributed by atoms with Crippen LogP contribution in [-0.4, -0.2) is 5.11 Å². The topological polar surface area (TPSA) is 20.2 Å². The van der Waals surface area contributed by atoms with Crippen molar-refractivity contribution in [1.82, 2.24) is 0 Å². The lowest BCUT2D eigenvalue weighted by Crippen LogP contribution is -1.84. The molecule has 0 aromatic heterocycles. The Morgan fingerprint density at radius 3 is 2.00 bits per heavy atom. The van der Waals surface area contributed by atoms with Crippen LogP contribution >= 0.6 is 15.9 Å². The highest BCUT2D eigenvalue weighted by Crippen LogP contribution is 2.17. The van der Waals surface area contributed by atoms with Crippen LogP contribution in [0.4, 0.5) is 0 Å². The SMILES string of the molecule is CCC(=C/C(O)=C(/Br)CC)CC. The van der Waals surface area contributed by atoms with Crippen LogP contribution in [0.3, 0.4) is 0 Å². The minimum Gasteiger partial charge on any atom is -0.507 e. The van der Waals surface area contributed by atoms with Crippen LogP contribution in [0.15, 0.2) is 21.9 Å². The molecule has 0 aliphatic carbocycles. The number of halogens is 1. The summed E-state index contributed by atoms with van der Waals surface area (Å²) in [6, 6.07) is 0. The van der Waals surface area contributed by atoms with Gasteiger partial charge < -0.3 is 5.11 Å². The van der Waals surface area contributed by atoms with Gasteiger partial charge in [-0.05, 0) is 25.3 Å².